The van der Waals surface area contributed by atoms with E-state index in [-0.39, 0.29) is 28.7 Å². The lowest BCUT2D eigenvalue weighted by molar-refractivity contribution is 0.0868. The zero-order valence-electron chi connectivity index (χ0n) is 21.1. The monoisotopic (exact) mass is 514 g/mol. The van der Waals surface area contributed by atoms with Crippen LogP contribution in [0.5, 0.6) is 5.75 Å². The van der Waals surface area contributed by atoms with Gasteiger partial charge < -0.3 is 10.0 Å². The molecule has 0 saturated heterocycles. The van der Waals surface area contributed by atoms with E-state index in [2.05, 4.69) is 39.0 Å². The van der Waals surface area contributed by atoms with E-state index in [4.69, 9.17) is 0 Å². The van der Waals surface area contributed by atoms with Crippen LogP contribution in [0, 0.1) is 11.2 Å². The normalized spacial score (nSPS) is 22.3. The minimum Gasteiger partial charge on any atom is -0.507 e. The maximum atomic E-state index is 15.8. The molecule has 1 aliphatic rings. The van der Waals surface area contributed by atoms with Crippen LogP contribution in [0.2, 0.25) is 0 Å². The number of halogens is 2. The summed E-state index contributed by atoms with van der Waals surface area (Å²) in [7, 11) is 1.84. The molecule has 1 aromatic carbocycles. The molecule has 0 aliphatic heterocycles. The highest BCUT2D eigenvalue weighted by Gasteiger charge is 2.42. The van der Waals surface area contributed by atoms with Crippen molar-refractivity contribution in [1.29, 1.82) is 0 Å². The summed E-state index contributed by atoms with van der Waals surface area (Å²) in [4.78, 5) is 14.4. The predicted molar refractivity (Wildman–Crippen MR) is 138 cm³/mol. The first-order chi connectivity index (χ1) is 17.3. The first-order valence-electron chi connectivity index (χ1n) is 12.2. The van der Waals surface area contributed by atoms with Crippen LogP contribution in [-0.4, -0.2) is 55.8 Å². The molecule has 2 aromatic heterocycles. The zero-order chi connectivity index (χ0) is 25.9. The number of phenolic OH excluding ortho intramolecular Hbond substituents is 1. The highest BCUT2D eigenvalue weighted by Crippen LogP contribution is 2.42. The average Bonchev–Trinajstić information content (AvgIpc) is 3.02. The van der Waals surface area contributed by atoms with Crippen molar-refractivity contribution < 1.29 is 13.9 Å². The van der Waals surface area contributed by atoms with E-state index in [0.717, 1.165) is 44.7 Å². The van der Waals surface area contributed by atoms with Gasteiger partial charge in [0.25, 0.3) is 0 Å². The van der Waals surface area contributed by atoms with E-state index in [1.165, 1.54) is 17.8 Å². The van der Waals surface area contributed by atoms with Gasteiger partial charge in [0.2, 0.25) is 0 Å². The lowest BCUT2D eigenvalue weighted by Crippen LogP contribution is -2.46. The fraction of sp³-hybridized carbons (Fsp3) is 0.500. The number of rotatable bonds is 7. The largest absolute Gasteiger partial charge is 0.507 e. The van der Waals surface area contributed by atoms with Gasteiger partial charge in [-0.2, -0.15) is 0 Å². The van der Waals surface area contributed by atoms with Crippen LogP contribution in [-0.2, 0) is 0 Å². The van der Waals surface area contributed by atoms with Crippen molar-refractivity contribution in [2.24, 2.45) is 5.41 Å². The van der Waals surface area contributed by atoms with E-state index in [1.807, 2.05) is 11.9 Å². The third-order valence-corrected chi connectivity index (χ3v) is 7.71. The van der Waals surface area contributed by atoms with Gasteiger partial charge in [-0.15, -0.1) is 10.2 Å². The average molecular weight is 515 g/mol. The summed E-state index contributed by atoms with van der Waals surface area (Å²) in [6.07, 6.45) is 8.94. The van der Waals surface area contributed by atoms with Crippen molar-refractivity contribution in [1.82, 2.24) is 25.1 Å². The molecule has 4 rings (SSSR count). The molecule has 0 unspecified atom stereocenters. The molecular weight excluding hydrogens is 482 g/mol. The Morgan fingerprint density at radius 2 is 2.00 bits per heavy atom. The smallest absolute Gasteiger partial charge is 0.187 e. The van der Waals surface area contributed by atoms with Crippen LogP contribution < -0.4 is 4.90 Å². The molecule has 3 atom stereocenters. The predicted octanol–water partition coefficient (Wildman–Crippen LogP) is 6.09. The first-order valence-corrected chi connectivity index (χ1v) is 13.5. The fourth-order valence-corrected chi connectivity index (χ4v) is 5.44. The van der Waals surface area contributed by atoms with E-state index >= 15 is 4.39 Å². The van der Waals surface area contributed by atoms with Gasteiger partial charge in [-0.3, -0.25) is 0 Å². The minimum absolute atomic E-state index is 0.103. The molecule has 1 fully saturated rings. The molecule has 0 radical (unpaired) electrons. The van der Waals surface area contributed by atoms with Crippen LogP contribution in [0.15, 0.2) is 35.7 Å². The van der Waals surface area contributed by atoms with E-state index in [1.54, 1.807) is 24.6 Å². The highest BCUT2D eigenvalue weighted by atomic mass is 32.2. The second kappa shape index (κ2) is 11.0. The van der Waals surface area contributed by atoms with Crippen LogP contribution in [0.3, 0.4) is 0 Å². The summed E-state index contributed by atoms with van der Waals surface area (Å²) in [5.41, 5.74) is 0.520. The molecule has 36 heavy (non-hydrogen) atoms. The fourth-order valence-electron chi connectivity index (χ4n) is 5.10. The number of anilines is 1. The molecule has 2 heterocycles. The van der Waals surface area contributed by atoms with Crippen molar-refractivity contribution in [3.63, 3.8) is 0 Å². The third kappa shape index (κ3) is 5.28. The number of hydrogen-bond donors (Lipinski definition) is 1. The Balaban J connectivity index is 1.56. The second-order valence-corrected chi connectivity index (χ2v) is 10.4. The Hall–Kier alpha value is -2.88. The molecule has 192 valence electrons. The SMILES string of the molecule is CCC[C@]1(C)CCCC[C@H](N(C)c2cnc(-c3ccc(-c4nc(SC)ncc4F)cc3O)nn2)[C@@H]1F. The summed E-state index contributed by atoms with van der Waals surface area (Å²) in [6, 6.07) is 4.36. The van der Waals surface area contributed by atoms with Crippen molar-refractivity contribution in [3.05, 3.63) is 36.4 Å². The molecule has 3 aromatic rings. The Kier molecular flexibility index (Phi) is 8.02. The second-order valence-electron chi connectivity index (χ2n) is 9.66. The van der Waals surface area contributed by atoms with E-state index in [0.29, 0.717) is 22.1 Å². The quantitative estimate of drug-likeness (QED) is 0.230. The van der Waals surface area contributed by atoms with Crippen LogP contribution in [0.4, 0.5) is 14.6 Å². The van der Waals surface area contributed by atoms with E-state index < -0.39 is 12.0 Å². The standard InChI is InChI=1S/C26H32F2N6OS/c1-5-11-26(2)12-7-6-8-19(23(26)28)34(3)21-15-29-24(33-32-21)17-10-9-16(13-20(17)35)22-18(27)14-30-25(31-22)36-4/h9-10,13-15,19,23,35H,5-8,11-12H2,1-4H3/t19-,23-,26+/m0/s1. The van der Waals surface area contributed by atoms with Gasteiger partial charge in [0.15, 0.2) is 22.6 Å². The van der Waals surface area contributed by atoms with Gasteiger partial charge in [0.05, 0.1) is 24.0 Å². The van der Waals surface area contributed by atoms with E-state index in [9.17, 15) is 9.50 Å². The molecule has 10 heteroatoms. The lowest BCUT2D eigenvalue weighted by Gasteiger charge is -2.39. The Morgan fingerprint density at radius 3 is 2.67 bits per heavy atom. The van der Waals surface area contributed by atoms with Crippen LogP contribution in [0.1, 0.15) is 52.4 Å². The maximum Gasteiger partial charge on any atom is 0.187 e. The number of alkyl halides is 1. The summed E-state index contributed by atoms with van der Waals surface area (Å²) < 4.78 is 30.0. The summed E-state index contributed by atoms with van der Waals surface area (Å²) in [5.74, 6) is 0.000529. The molecule has 1 aliphatic carbocycles. The topological polar surface area (TPSA) is 87.9 Å². The van der Waals surface area contributed by atoms with Crippen LogP contribution in [0.25, 0.3) is 22.6 Å². The van der Waals surface area contributed by atoms with Gasteiger partial charge in [-0.25, -0.2) is 23.7 Å². The summed E-state index contributed by atoms with van der Waals surface area (Å²) in [6.45, 7) is 4.16. The Bertz CT molecular complexity index is 1200. The van der Waals surface area contributed by atoms with Gasteiger partial charge in [-0.05, 0) is 37.7 Å². The molecule has 0 spiro atoms. The number of hydrogen-bond acceptors (Lipinski definition) is 8. The van der Waals surface area contributed by atoms with Crippen LogP contribution >= 0.6 is 11.8 Å². The van der Waals surface area contributed by atoms with Gasteiger partial charge in [-0.1, -0.05) is 50.9 Å². The Labute approximate surface area is 214 Å². The minimum atomic E-state index is -0.975. The molecular formula is C26H32F2N6OS. The summed E-state index contributed by atoms with van der Waals surface area (Å²) in [5, 5.41) is 19.6. The number of phenols is 1. The zero-order valence-corrected chi connectivity index (χ0v) is 21.9. The van der Waals surface area contributed by atoms with Crippen molar-refractivity contribution in [2.75, 3.05) is 18.2 Å². The van der Waals surface area contributed by atoms with Gasteiger partial charge >= 0.3 is 0 Å². The highest BCUT2D eigenvalue weighted by molar-refractivity contribution is 7.98. The molecule has 1 N–H and O–H groups in total. The molecule has 7 nitrogen and oxygen atoms in total. The summed E-state index contributed by atoms with van der Waals surface area (Å²) >= 11 is 1.30. The molecule has 1 saturated carbocycles. The Morgan fingerprint density at radius 1 is 1.19 bits per heavy atom. The van der Waals surface area contributed by atoms with Crippen molar-refractivity contribution in [3.8, 4) is 28.4 Å². The lowest BCUT2D eigenvalue weighted by atomic mass is 9.76. The number of thioether (sulfide) groups is 1. The molecule has 0 amide bonds. The first kappa shape index (κ1) is 26.2. The van der Waals surface area contributed by atoms with Gasteiger partial charge in [0, 0.05) is 18.0 Å². The maximum absolute atomic E-state index is 15.8. The number of nitrogens with zero attached hydrogens (tertiary/aromatic N) is 6. The number of aromatic nitrogens is 5. The molecule has 0 bridgehead atoms. The van der Waals surface area contributed by atoms with Gasteiger partial charge in [0.1, 0.15) is 17.6 Å². The number of benzene rings is 1. The van der Waals surface area contributed by atoms with Crippen molar-refractivity contribution in [2.45, 2.75) is 69.7 Å². The third-order valence-electron chi connectivity index (χ3n) is 7.15. The number of aromatic hydroxyl groups is 1. The van der Waals surface area contributed by atoms with Crippen molar-refractivity contribution >= 4 is 17.6 Å².